The number of rotatable bonds is 16. The van der Waals surface area contributed by atoms with Gasteiger partial charge in [0.2, 0.25) is 33.7 Å². The van der Waals surface area contributed by atoms with Gasteiger partial charge >= 0.3 is 0 Å². The standard InChI is InChI=1S/C44H53N11O7S/c1-28-26-47-43(51-39(28)48-31-8-7-9-33(24-31)63(61,62)52-44(2,3)4)49-29-10-13-32(14-11-29)54-22-20-53(21-23-54)27-38(57)46-19-6-5-18-45-30-12-15-34-35(25-30)42(60)55(41(34)59)36-16-17-37(56)50-40(36)58/h7-15,24-26,36,45,52H,5-6,16-23,27H2,1-4H3,(H,46,57)(H,50,56,58)(H2,47,48,49,51). The minimum atomic E-state index is -3.71. The molecule has 0 aliphatic carbocycles. The van der Waals surface area contributed by atoms with Crippen molar-refractivity contribution in [2.75, 3.05) is 66.7 Å². The molecule has 18 nitrogen and oxygen atoms in total. The molecule has 3 aliphatic heterocycles. The van der Waals surface area contributed by atoms with E-state index < -0.39 is 45.2 Å². The third kappa shape index (κ3) is 11.1. The molecule has 1 atom stereocenters. The Morgan fingerprint density at radius 3 is 2.29 bits per heavy atom. The maximum atomic E-state index is 13.1. The molecule has 4 heterocycles. The molecule has 63 heavy (non-hydrogen) atoms. The molecule has 19 heteroatoms. The van der Waals surface area contributed by atoms with Crippen molar-refractivity contribution < 1.29 is 32.4 Å². The van der Waals surface area contributed by atoms with Crippen LogP contribution in [0.4, 0.5) is 34.5 Å². The van der Waals surface area contributed by atoms with Gasteiger partial charge < -0.3 is 26.2 Å². The Bertz CT molecular complexity index is 2500. The topological polar surface area (TPSA) is 227 Å². The number of nitrogens with zero attached hydrogens (tertiary/aromatic N) is 5. The molecule has 2 saturated heterocycles. The average molecular weight is 880 g/mol. The minimum Gasteiger partial charge on any atom is -0.385 e. The summed E-state index contributed by atoms with van der Waals surface area (Å²) in [6, 6.07) is 18.5. The van der Waals surface area contributed by atoms with E-state index in [1.165, 1.54) is 0 Å². The Labute approximate surface area is 366 Å². The number of imide groups is 2. The Morgan fingerprint density at radius 1 is 0.841 bits per heavy atom. The molecule has 6 N–H and O–H groups in total. The molecule has 0 spiro atoms. The molecular formula is C44H53N11O7S. The lowest BCUT2D eigenvalue weighted by atomic mass is 10.0. The Morgan fingerprint density at radius 2 is 1.56 bits per heavy atom. The number of hydrogen-bond acceptors (Lipinski definition) is 14. The number of carbonyl (C=O) groups excluding carboxylic acids is 5. The number of unbranched alkanes of at least 4 members (excludes halogenated alkanes) is 1. The fraction of sp³-hybridized carbons (Fsp3) is 0.386. The third-order valence-electron chi connectivity index (χ3n) is 10.7. The monoisotopic (exact) mass is 879 g/mol. The molecule has 5 amide bonds. The summed E-state index contributed by atoms with van der Waals surface area (Å²) in [4.78, 5) is 77.2. The summed E-state index contributed by atoms with van der Waals surface area (Å²) in [5.74, 6) is -1.25. The van der Waals surface area contributed by atoms with Gasteiger partial charge in [-0.2, -0.15) is 4.98 Å². The van der Waals surface area contributed by atoms with Crippen LogP contribution >= 0.6 is 0 Å². The van der Waals surface area contributed by atoms with Gasteiger partial charge in [0.1, 0.15) is 11.9 Å². The third-order valence-corrected chi connectivity index (χ3v) is 12.5. The molecule has 0 radical (unpaired) electrons. The van der Waals surface area contributed by atoms with Crippen molar-refractivity contribution in [2.24, 2.45) is 0 Å². The van der Waals surface area contributed by atoms with E-state index in [4.69, 9.17) is 0 Å². The number of nitrogens with one attached hydrogen (secondary N) is 6. The summed E-state index contributed by atoms with van der Waals surface area (Å²) in [6.45, 7) is 11.7. The number of sulfonamides is 1. The highest BCUT2D eigenvalue weighted by molar-refractivity contribution is 7.89. The number of aromatic nitrogens is 2. The fourth-order valence-electron chi connectivity index (χ4n) is 7.57. The van der Waals surface area contributed by atoms with Crippen LogP contribution in [0, 0.1) is 6.92 Å². The Balaban J connectivity index is 0.801. The van der Waals surface area contributed by atoms with Gasteiger partial charge in [0.15, 0.2) is 0 Å². The minimum absolute atomic E-state index is 0.0271. The van der Waals surface area contributed by atoms with E-state index in [1.807, 2.05) is 31.2 Å². The van der Waals surface area contributed by atoms with Crippen LogP contribution in [-0.2, 0) is 24.4 Å². The van der Waals surface area contributed by atoms with E-state index in [1.54, 1.807) is 69.4 Å². The van der Waals surface area contributed by atoms with Crippen molar-refractivity contribution in [2.45, 2.75) is 69.9 Å². The molecule has 4 aromatic rings. The van der Waals surface area contributed by atoms with Crippen molar-refractivity contribution in [3.63, 3.8) is 0 Å². The van der Waals surface area contributed by atoms with Crippen molar-refractivity contribution in [3.8, 4) is 0 Å². The maximum Gasteiger partial charge on any atom is 0.262 e. The van der Waals surface area contributed by atoms with Crippen LogP contribution in [0.25, 0.3) is 0 Å². The molecule has 3 aliphatic rings. The second-order valence-electron chi connectivity index (χ2n) is 16.9. The lowest BCUT2D eigenvalue weighted by Gasteiger charge is -2.35. The molecule has 332 valence electrons. The molecule has 0 bridgehead atoms. The van der Waals surface area contributed by atoms with Crippen molar-refractivity contribution in [1.29, 1.82) is 0 Å². The predicted molar refractivity (Wildman–Crippen MR) is 239 cm³/mol. The van der Waals surface area contributed by atoms with Crippen molar-refractivity contribution >= 4 is 74.1 Å². The van der Waals surface area contributed by atoms with Crippen LogP contribution in [-0.4, -0.2) is 115 Å². The number of hydrogen-bond donors (Lipinski definition) is 6. The van der Waals surface area contributed by atoms with Crippen LogP contribution in [0.1, 0.15) is 72.7 Å². The first-order chi connectivity index (χ1) is 30.0. The lowest BCUT2D eigenvalue weighted by molar-refractivity contribution is -0.136. The van der Waals surface area contributed by atoms with Crippen LogP contribution in [0.5, 0.6) is 0 Å². The van der Waals surface area contributed by atoms with Gasteiger partial charge in [-0.3, -0.25) is 39.1 Å². The first-order valence-electron chi connectivity index (χ1n) is 21.0. The molecule has 0 saturated carbocycles. The smallest absolute Gasteiger partial charge is 0.262 e. The van der Waals surface area contributed by atoms with Gasteiger partial charge in [0.05, 0.1) is 22.6 Å². The summed E-state index contributed by atoms with van der Waals surface area (Å²) in [5.41, 5.74) is 3.74. The van der Waals surface area contributed by atoms with E-state index in [9.17, 15) is 32.4 Å². The quantitative estimate of drug-likeness (QED) is 0.0694. The summed E-state index contributed by atoms with van der Waals surface area (Å²) < 4.78 is 28.5. The number of fused-ring (bicyclic) bond motifs is 1. The van der Waals surface area contributed by atoms with Crippen LogP contribution in [0.3, 0.4) is 0 Å². The van der Waals surface area contributed by atoms with E-state index >= 15 is 0 Å². The largest absolute Gasteiger partial charge is 0.385 e. The number of aryl methyl sites for hydroxylation is 1. The van der Waals surface area contributed by atoms with E-state index in [2.05, 4.69) is 51.1 Å². The molecule has 3 aromatic carbocycles. The molecule has 1 aromatic heterocycles. The number of amides is 5. The molecular weight excluding hydrogens is 827 g/mol. The highest BCUT2D eigenvalue weighted by atomic mass is 32.2. The van der Waals surface area contributed by atoms with Gasteiger partial charge in [0.25, 0.3) is 11.8 Å². The van der Waals surface area contributed by atoms with Crippen LogP contribution < -0.4 is 36.2 Å². The van der Waals surface area contributed by atoms with Gasteiger partial charge in [-0.1, -0.05) is 6.07 Å². The summed E-state index contributed by atoms with van der Waals surface area (Å²) >= 11 is 0. The highest BCUT2D eigenvalue weighted by Gasteiger charge is 2.44. The zero-order valence-electron chi connectivity index (χ0n) is 35.8. The molecule has 1 unspecified atom stereocenters. The zero-order chi connectivity index (χ0) is 44.9. The van der Waals surface area contributed by atoms with Gasteiger partial charge in [-0.15, -0.1) is 0 Å². The SMILES string of the molecule is Cc1cnc(Nc2ccc(N3CCN(CC(=O)NCCCCNc4ccc5c(c4)C(=O)N(C4CCC(=O)NC4=O)C5=O)CC3)cc2)nc1Nc1cccc(S(=O)(=O)NC(C)(C)C)c1. The molecule has 2 fully saturated rings. The first kappa shape index (κ1) is 44.6. The van der Waals surface area contributed by atoms with Crippen LogP contribution in [0.2, 0.25) is 0 Å². The van der Waals surface area contributed by atoms with Gasteiger partial charge in [-0.05, 0) is 108 Å². The van der Waals surface area contributed by atoms with Gasteiger partial charge in [0, 0.05) is 85.7 Å². The summed E-state index contributed by atoms with van der Waals surface area (Å²) in [6.07, 6.45) is 3.37. The van der Waals surface area contributed by atoms with Crippen molar-refractivity contribution in [3.05, 3.63) is 89.6 Å². The average Bonchev–Trinajstić information content (AvgIpc) is 3.48. The fourth-order valence-corrected chi connectivity index (χ4v) is 9.03. The first-order valence-corrected chi connectivity index (χ1v) is 22.5. The van der Waals surface area contributed by atoms with Gasteiger partial charge in [-0.25, -0.2) is 18.1 Å². The van der Waals surface area contributed by atoms with Crippen molar-refractivity contribution in [1.82, 2.24) is 35.1 Å². The summed E-state index contributed by atoms with van der Waals surface area (Å²) in [5, 5.41) is 15.0. The number of carbonyl (C=O) groups is 5. The van der Waals surface area contributed by atoms with E-state index in [0.29, 0.717) is 42.8 Å². The normalized spacial score (nSPS) is 17.0. The predicted octanol–water partition coefficient (Wildman–Crippen LogP) is 3.88. The second-order valence-corrected chi connectivity index (χ2v) is 18.5. The zero-order valence-corrected chi connectivity index (χ0v) is 36.6. The number of piperazine rings is 1. The summed E-state index contributed by atoms with van der Waals surface area (Å²) in [7, 11) is -3.71. The number of piperidine rings is 1. The Hall–Kier alpha value is -6.44. The Kier molecular flexibility index (Phi) is 13.4. The van der Waals surface area contributed by atoms with Crippen LogP contribution in [0.15, 0.2) is 77.8 Å². The highest BCUT2D eigenvalue weighted by Crippen LogP contribution is 2.30. The lowest BCUT2D eigenvalue weighted by Crippen LogP contribution is -2.54. The van der Waals surface area contributed by atoms with E-state index in [0.717, 1.165) is 60.9 Å². The maximum absolute atomic E-state index is 13.1. The second kappa shape index (κ2) is 18.9. The molecule has 7 rings (SSSR count). The number of anilines is 6. The number of benzene rings is 3. The van der Waals surface area contributed by atoms with E-state index in [-0.39, 0.29) is 34.8 Å².